The number of benzene rings is 1. The van der Waals surface area contributed by atoms with Crippen LogP contribution in [0.5, 0.6) is 0 Å². The molecule has 5 heterocycles. The van der Waals surface area contributed by atoms with Gasteiger partial charge in [-0.15, -0.1) is 23.8 Å². The van der Waals surface area contributed by atoms with Gasteiger partial charge >= 0.3 is 19.0 Å². The summed E-state index contributed by atoms with van der Waals surface area (Å²) in [7, 11) is 4.00. The molecule has 5 aromatic heterocycles. The molecule has 1 radical (unpaired) electrons. The fraction of sp³-hybridized carbons (Fsp3) is 0.148. The molecule has 0 saturated carbocycles. The summed E-state index contributed by atoms with van der Waals surface area (Å²) in [5.74, 6) is 0. The van der Waals surface area contributed by atoms with Gasteiger partial charge in [-0.3, -0.25) is 0 Å². The second-order valence-corrected chi connectivity index (χ2v) is 9.62. The van der Waals surface area contributed by atoms with E-state index < -0.39 is 30.2 Å². The van der Waals surface area contributed by atoms with Gasteiger partial charge in [0.25, 0.3) is 0 Å². The Morgan fingerprint density at radius 2 is 1.27 bits per heavy atom. The first-order chi connectivity index (χ1) is 20.4. The van der Waals surface area contributed by atoms with Crippen LogP contribution in [-0.4, -0.2) is 49.1 Å². The zero-order chi connectivity index (χ0) is 30.8. The molecule has 0 amide bonds. The first-order valence-corrected chi connectivity index (χ1v) is 12.7. The van der Waals surface area contributed by atoms with Gasteiger partial charge in [0.05, 0.1) is 0 Å². The average molecular weight is 792 g/mol. The van der Waals surface area contributed by atoms with E-state index in [1.807, 2.05) is 100 Å². The molecule has 17 heteroatoms. The molecular weight excluding hydrogens is 767 g/mol. The number of aromatic nitrogens is 9. The van der Waals surface area contributed by atoms with Crippen molar-refractivity contribution >= 4 is 6.69 Å². The molecule has 0 atom stereocenters. The summed E-state index contributed by atoms with van der Waals surface area (Å²) in [6, 6.07) is 10.7. The van der Waals surface area contributed by atoms with Gasteiger partial charge in [-0.1, -0.05) is 12.1 Å². The summed E-state index contributed by atoms with van der Waals surface area (Å²) in [4.78, 5) is 3.73. The third kappa shape index (κ3) is 6.53. The Labute approximate surface area is 261 Å². The maximum Gasteiger partial charge on any atom is 0.485 e. The van der Waals surface area contributed by atoms with Crippen molar-refractivity contribution in [1.82, 2.24) is 42.5 Å². The summed E-state index contributed by atoms with van der Waals surface area (Å²) in [5.41, 5.74) is -3.23. The molecule has 0 N–H and O–H groups in total. The molecule has 44 heavy (non-hydrogen) atoms. The van der Waals surface area contributed by atoms with Gasteiger partial charge in [0.2, 0.25) is 0 Å². The zero-order valence-corrected chi connectivity index (χ0v) is 25.5. The van der Waals surface area contributed by atoms with E-state index in [1.54, 1.807) is 12.4 Å². The van der Waals surface area contributed by atoms with Crippen LogP contribution in [0.4, 0.5) is 26.3 Å². The molecule has 9 nitrogen and oxygen atoms in total. The summed E-state index contributed by atoms with van der Waals surface area (Å²) in [6.07, 6.45) is 11.1. The number of halogens is 6. The second-order valence-electron chi connectivity index (χ2n) is 9.62. The summed E-state index contributed by atoms with van der Waals surface area (Å²) in [6.45, 7) is -1.69. The van der Waals surface area contributed by atoms with Gasteiger partial charge in [0.1, 0.15) is 25.0 Å². The standard InChI is InChI=1S/C14H18BN8.C13H6F6N.Ir/c1-18-9-11-20(13-18)15(22-7-3-5-16-22,23-8-4-6-17-23)21-12-10-19(2)14-21;14-12(15,16)9-5-8(11-3-1-2-4-20-11)6-10(7-9)13(17,18)19;/h3-14H,1-2H3;1-5,7H;/q+1;-1;. The van der Waals surface area contributed by atoms with E-state index in [0.717, 1.165) is 0 Å². The molecule has 0 spiro atoms. The minimum Gasteiger partial charge on any atom is -0.378 e. The Morgan fingerprint density at radius 3 is 1.66 bits per heavy atom. The molecule has 0 saturated heterocycles. The van der Waals surface area contributed by atoms with E-state index in [-0.39, 0.29) is 37.4 Å². The van der Waals surface area contributed by atoms with Crippen LogP contribution < -0.4 is 0 Å². The van der Waals surface area contributed by atoms with Crippen LogP contribution in [0.3, 0.4) is 0 Å². The van der Waals surface area contributed by atoms with E-state index in [0.29, 0.717) is 6.07 Å². The minimum atomic E-state index is -4.91. The summed E-state index contributed by atoms with van der Waals surface area (Å²) >= 11 is 0. The van der Waals surface area contributed by atoms with Crippen molar-refractivity contribution in [3.63, 3.8) is 0 Å². The molecule has 231 valence electrons. The topological polar surface area (TPSA) is 68.2 Å². The van der Waals surface area contributed by atoms with E-state index in [9.17, 15) is 26.3 Å². The second kappa shape index (κ2) is 12.6. The van der Waals surface area contributed by atoms with Gasteiger partial charge in [-0.05, 0) is 47.4 Å². The Morgan fingerprint density at radius 1 is 0.705 bits per heavy atom. The fourth-order valence-corrected chi connectivity index (χ4v) is 4.69. The Kier molecular flexibility index (Phi) is 9.30. The van der Waals surface area contributed by atoms with Crippen LogP contribution in [0.2, 0.25) is 0 Å². The van der Waals surface area contributed by atoms with E-state index >= 15 is 0 Å². The Hall–Kier alpha value is -4.50. The molecule has 1 aromatic carbocycles. The van der Waals surface area contributed by atoms with Crippen LogP contribution in [0.1, 0.15) is 11.1 Å². The van der Waals surface area contributed by atoms with E-state index in [1.165, 1.54) is 24.4 Å². The van der Waals surface area contributed by atoms with Crippen molar-refractivity contribution in [2.45, 2.75) is 12.4 Å². The smallest absolute Gasteiger partial charge is 0.378 e. The Balaban J connectivity index is 0.000000199. The number of nitrogens with zero attached hydrogens (tertiary/aromatic N) is 9. The molecule has 0 unspecified atom stereocenters. The first-order valence-electron chi connectivity index (χ1n) is 12.7. The van der Waals surface area contributed by atoms with Crippen LogP contribution in [0, 0.1) is 6.07 Å². The van der Waals surface area contributed by atoms with Crippen molar-refractivity contribution in [3.05, 3.63) is 128 Å². The van der Waals surface area contributed by atoms with Gasteiger partial charge in [-0.25, -0.2) is 19.3 Å². The van der Waals surface area contributed by atoms with Crippen molar-refractivity contribution < 1.29 is 46.4 Å². The van der Waals surface area contributed by atoms with Crippen LogP contribution in [0.15, 0.2) is 111 Å². The number of aryl methyl sites for hydroxylation is 2. The molecular formula is C27H24BF6IrN9. The number of hydrogen-bond donors (Lipinski definition) is 0. The maximum absolute atomic E-state index is 12.7. The third-order valence-electron chi connectivity index (χ3n) is 6.58. The Bertz CT molecular complexity index is 1670. The predicted octanol–water partition coefficient (Wildman–Crippen LogP) is 5.43. The fourth-order valence-electron chi connectivity index (χ4n) is 4.69. The number of rotatable bonds is 5. The molecule has 0 bridgehead atoms. The van der Waals surface area contributed by atoms with Crippen molar-refractivity contribution in [3.8, 4) is 11.3 Å². The largest absolute Gasteiger partial charge is 0.485 e. The molecule has 0 aliphatic heterocycles. The normalized spacial score (nSPS) is 11.9. The SMILES string of the molecule is Cn1ccn([B-](n2ccn(C)[cH+]2)(n2cccn2)n2cccn2)[cH+]1.FC(F)(F)c1[c-]c(-c2ccccn2)cc(C(F)(F)F)c1.[Ir]. The minimum absolute atomic E-state index is 0. The number of pyridine rings is 1. The summed E-state index contributed by atoms with van der Waals surface area (Å²) in [5, 5.41) is 9.08. The van der Waals surface area contributed by atoms with Crippen molar-refractivity contribution in [1.29, 1.82) is 0 Å². The molecule has 0 aliphatic rings. The molecule has 0 fully saturated rings. The van der Waals surface area contributed by atoms with Gasteiger partial charge < -0.3 is 23.1 Å². The summed E-state index contributed by atoms with van der Waals surface area (Å²) < 4.78 is 88.0. The van der Waals surface area contributed by atoms with E-state index in [2.05, 4.69) is 24.1 Å². The number of hydrogen-bond acceptors (Lipinski definition) is 3. The van der Waals surface area contributed by atoms with Gasteiger partial charge in [-0.2, -0.15) is 26.3 Å². The molecule has 6 rings (SSSR count). The van der Waals surface area contributed by atoms with Crippen LogP contribution in [-0.2, 0) is 46.6 Å². The number of alkyl halides is 6. The molecule has 6 aromatic rings. The van der Waals surface area contributed by atoms with Gasteiger partial charge in [0.15, 0.2) is 12.4 Å². The average Bonchev–Trinajstić information content (AvgIpc) is 3.79. The predicted molar refractivity (Wildman–Crippen MR) is 146 cm³/mol. The quantitative estimate of drug-likeness (QED) is 0.133. The molecule has 0 aliphatic carbocycles. The number of imidazole rings is 2. The first kappa shape index (κ1) is 32.4. The van der Waals surface area contributed by atoms with Gasteiger partial charge in [0, 0.05) is 52.8 Å². The monoisotopic (exact) mass is 792 g/mol. The maximum atomic E-state index is 12.7. The zero-order valence-electron chi connectivity index (χ0n) is 23.1. The van der Waals surface area contributed by atoms with Crippen molar-refractivity contribution in [2.75, 3.05) is 0 Å². The van der Waals surface area contributed by atoms with Crippen molar-refractivity contribution in [2.24, 2.45) is 14.1 Å². The van der Waals surface area contributed by atoms with Crippen LogP contribution >= 0.6 is 0 Å². The third-order valence-corrected chi connectivity index (χ3v) is 6.58. The van der Waals surface area contributed by atoms with Crippen LogP contribution in [0.25, 0.3) is 11.3 Å². The van der Waals surface area contributed by atoms with E-state index in [4.69, 9.17) is 0 Å².